The van der Waals surface area contributed by atoms with E-state index in [9.17, 15) is 9.18 Å². The van der Waals surface area contributed by atoms with Gasteiger partial charge < -0.3 is 9.84 Å². The van der Waals surface area contributed by atoms with E-state index in [0.29, 0.717) is 35.1 Å². The number of carboxylic acid groups (broad SMARTS) is 1. The highest BCUT2D eigenvalue weighted by Gasteiger charge is 2.25. The summed E-state index contributed by atoms with van der Waals surface area (Å²) in [4.78, 5) is 28.1. The Balaban J connectivity index is 1.22. The molecular formula is C23H23FN6O3S. The van der Waals surface area contributed by atoms with Gasteiger partial charge in [-0.1, -0.05) is 0 Å². The van der Waals surface area contributed by atoms with Crippen LogP contribution in [0.4, 0.5) is 4.39 Å². The number of ether oxygens (including phenoxy) is 1. The van der Waals surface area contributed by atoms with Crippen LogP contribution >= 0.6 is 11.3 Å². The number of carbonyl (C=O) groups is 1. The molecular weight excluding hydrogens is 459 g/mol. The largest absolute Gasteiger partial charge is 0.481 e. The lowest BCUT2D eigenvalue weighted by Gasteiger charge is -2.27. The summed E-state index contributed by atoms with van der Waals surface area (Å²) in [5.74, 6) is -0.0398. The first kappa shape index (κ1) is 22.3. The van der Waals surface area contributed by atoms with Crippen molar-refractivity contribution in [1.82, 2.24) is 30.1 Å². The van der Waals surface area contributed by atoms with Crippen molar-refractivity contribution in [3.63, 3.8) is 0 Å². The van der Waals surface area contributed by atoms with E-state index in [1.165, 1.54) is 17.4 Å². The first-order valence-electron chi connectivity index (χ1n) is 11.2. The van der Waals surface area contributed by atoms with Gasteiger partial charge in [0, 0.05) is 41.5 Å². The molecule has 0 spiro atoms. The average molecular weight is 483 g/mol. The molecule has 0 aromatic carbocycles. The molecule has 0 aliphatic heterocycles. The predicted molar refractivity (Wildman–Crippen MR) is 123 cm³/mol. The number of hydrogen-bond donors (Lipinski definition) is 2. The van der Waals surface area contributed by atoms with Gasteiger partial charge >= 0.3 is 12.0 Å². The second-order valence-electron chi connectivity index (χ2n) is 8.45. The van der Waals surface area contributed by atoms with Crippen LogP contribution in [0.25, 0.3) is 22.0 Å². The number of H-pyrrole nitrogens is 1. The fourth-order valence-corrected chi connectivity index (χ4v) is 4.94. The maximum Gasteiger partial charge on any atom is 0.316 e. The first-order chi connectivity index (χ1) is 16.5. The van der Waals surface area contributed by atoms with E-state index in [4.69, 9.17) is 9.84 Å². The maximum absolute atomic E-state index is 14.9. The Morgan fingerprint density at radius 1 is 1.18 bits per heavy atom. The van der Waals surface area contributed by atoms with E-state index >= 15 is 0 Å². The lowest BCUT2D eigenvalue weighted by Crippen LogP contribution is -2.26. The number of aromatic nitrogens is 6. The van der Waals surface area contributed by atoms with Crippen LogP contribution in [0.3, 0.4) is 0 Å². The molecule has 3 heterocycles. The lowest BCUT2D eigenvalue weighted by molar-refractivity contribution is -0.138. The molecule has 0 radical (unpaired) electrons. The Labute approximate surface area is 198 Å². The van der Waals surface area contributed by atoms with Gasteiger partial charge in [-0.3, -0.25) is 9.89 Å². The monoisotopic (exact) mass is 482 g/mol. The van der Waals surface area contributed by atoms with Crippen molar-refractivity contribution in [2.75, 3.05) is 0 Å². The molecule has 0 bridgehead atoms. The molecule has 1 saturated carbocycles. The molecule has 176 valence electrons. The van der Waals surface area contributed by atoms with Crippen molar-refractivity contribution in [3.05, 3.63) is 47.3 Å². The normalized spacial score (nSPS) is 20.8. The first-order valence-corrected chi connectivity index (χ1v) is 12.1. The number of thiazole rings is 1. The van der Waals surface area contributed by atoms with Crippen LogP contribution < -0.4 is 4.74 Å². The minimum Gasteiger partial charge on any atom is -0.481 e. The number of carboxylic acids is 1. The van der Waals surface area contributed by atoms with Crippen molar-refractivity contribution >= 4 is 28.5 Å². The molecule has 3 aromatic rings. The van der Waals surface area contributed by atoms with Crippen molar-refractivity contribution in [3.8, 4) is 16.8 Å². The van der Waals surface area contributed by atoms with Gasteiger partial charge in [0.2, 0.25) is 0 Å². The fourth-order valence-electron chi connectivity index (χ4n) is 4.36. The van der Waals surface area contributed by atoms with Gasteiger partial charge in [0.1, 0.15) is 11.9 Å². The van der Waals surface area contributed by atoms with Gasteiger partial charge in [0.05, 0.1) is 0 Å². The standard InChI is InChI=1S/C23H23FN6O3S/c24-18-10-14(3-6-17(18)20-28-21(30-29-20)22-25-7-8-34-22)15-11-26-23(27-12-15)33-16-4-1-13(2-5-16)9-19(31)32/h7-8,10-13,16H,1-6,9H2,(H,31,32)(H,28,29,30). The fraction of sp³-hybridized carbons (Fsp3) is 0.391. The van der Waals surface area contributed by atoms with E-state index in [1.54, 1.807) is 18.6 Å². The molecule has 0 saturated heterocycles. The minimum absolute atomic E-state index is 0.0108. The molecule has 2 aliphatic rings. The third-order valence-corrected chi connectivity index (χ3v) is 6.93. The lowest BCUT2D eigenvalue weighted by atomic mass is 9.85. The van der Waals surface area contributed by atoms with Crippen LogP contribution in [0.5, 0.6) is 6.01 Å². The van der Waals surface area contributed by atoms with E-state index in [2.05, 4.69) is 30.1 Å². The molecule has 1 fully saturated rings. The zero-order chi connectivity index (χ0) is 23.5. The van der Waals surface area contributed by atoms with Gasteiger partial charge in [0.15, 0.2) is 16.7 Å². The second kappa shape index (κ2) is 9.80. The number of halogens is 1. The van der Waals surface area contributed by atoms with Gasteiger partial charge in [0.25, 0.3) is 0 Å². The third-order valence-electron chi connectivity index (χ3n) is 6.15. The minimum atomic E-state index is -0.750. The molecule has 0 atom stereocenters. The van der Waals surface area contributed by atoms with Crippen LogP contribution in [0.2, 0.25) is 0 Å². The molecule has 3 aromatic heterocycles. The molecule has 34 heavy (non-hydrogen) atoms. The summed E-state index contributed by atoms with van der Waals surface area (Å²) in [7, 11) is 0. The third kappa shape index (κ3) is 5.04. The van der Waals surface area contributed by atoms with E-state index in [1.807, 2.05) is 5.38 Å². The predicted octanol–water partition coefficient (Wildman–Crippen LogP) is 4.69. The smallest absolute Gasteiger partial charge is 0.316 e. The summed E-state index contributed by atoms with van der Waals surface area (Å²) in [6.45, 7) is 0. The van der Waals surface area contributed by atoms with E-state index in [0.717, 1.165) is 36.8 Å². The summed E-state index contributed by atoms with van der Waals surface area (Å²) in [5, 5.41) is 18.5. The number of aliphatic carboxylic acids is 1. The molecule has 11 heteroatoms. The Kier molecular flexibility index (Phi) is 6.43. The van der Waals surface area contributed by atoms with Crippen molar-refractivity contribution in [2.24, 2.45) is 5.92 Å². The van der Waals surface area contributed by atoms with E-state index < -0.39 is 5.97 Å². The zero-order valence-corrected chi connectivity index (χ0v) is 19.1. The van der Waals surface area contributed by atoms with Crippen molar-refractivity contribution < 1.29 is 19.0 Å². The number of aromatic amines is 1. The molecule has 2 N–H and O–H groups in total. The highest BCUT2D eigenvalue weighted by Crippen LogP contribution is 2.35. The summed E-state index contributed by atoms with van der Waals surface area (Å²) in [6, 6.07) is 0.286. The van der Waals surface area contributed by atoms with Gasteiger partial charge in [-0.15, -0.1) is 11.3 Å². The number of rotatable bonds is 7. The SMILES string of the molecule is O=C(O)CC1CCC(Oc2ncc(C3=CC(F)=C(c4n[nH]c(-c5nccs5)n4)CC3)cn2)CC1. The molecule has 0 unspecified atom stereocenters. The number of hydrogen-bond acceptors (Lipinski definition) is 8. The molecule has 5 rings (SSSR count). The highest BCUT2D eigenvalue weighted by atomic mass is 32.1. The Hall–Kier alpha value is -3.47. The van der Waals surface area contributed by atoms with Crippen molar-refractivity contribution in [2.45, 2.75) is 51.0 Å². The summed E-state index contributed by atoms with van der Waals surface area (Å²) in [5.41, 5.74) is 2.00. The topological polar surface area (TPSA) is 127 Å². The molecule has 2 aliphatic carbocycles. The second-order valence-corrected chi connectivity index (χ2v) is 9.35. The maximum atomic E-state index is 14.9. The molecule has 9 nitrogen and oxygen atoms in total. The van der Waals surface area contributed by atoms with Crippen LogP contribution in [-0.4, -0.2) is 47.3 Å². The number of allylic oxidation sites excluding steroid dienone is 4. The zero-order valence-electron chi connectivity index (χ0n) is 18.3. The van der Waals surface area contributed by atoms with Crippen LogP contribution in [-0.2, 0) is 4.79 Å². The quantitative estimate of drug-likeness (QED) is 0.497. The van der Waals surface area contributed by atoms with Crippen molar-refractivity contribution in [1.29, 1.82) is 0 Å². The highest BCUT2D eigenvalue weighted by molar-refractivity contribution is 7.13. The van der Waals surface area contributed by atoms with Crippen LogP contribution in [0, 0.1) is 5.92 Å². The average Bonchev–Trinajstić information content (AvgIpc) is 3.53. The Morgan fingerprint density at radius 3 is 2.65 bits per heavy atom. The number of nitrogens with one attached hydrogen (secondary N) is 1. The number of nitrogens with zero attached hydrogens (tertiary/aromatic N) is 5. The van der Waals surface area contributed by atoms with Crippen LogP contribution in [0.1, 0.15) is 56.3 Å². The Bertz CT molecular complexity index is 1210. The van der Waals surface area contributed by atoms with Crippen LogP contribution in [0.15, 0.2) is 35.9 Å². The van der Waals surface area contributed by atoms with Gasteiger partial charge in [-0.05, 0) is 56.1 Å². The van der Waals surface area contributed by atoms with E-state index in [-0.39, 0.29) is 30.3 Å². The van der Waals surface area contributed by atoms with Gasteiger partial charge in [-0.25, -0.2) is 24.3 Å². The summed E-state index contributed by atoms with van der Waals surface area (Å²) in [6.07, 6.45) is 11.0. The summed E-state index contributed by atoms with van der Waals surface area (Å²) < 4.78 is 20.8. The summed E-state index contributed by atoms with van der Waals surface area (Å²) >= 11 is 1.44. The Morgan fingerprint density at radius 2 is 1.97 bits per heavy atom. The molecule has 0 amide bonds. The van der Waals surface area contributed by atoms with Gasteiger partial charge in [-0.2, -0.15) is 5.10 Å².